The summed E-state index contributed by atoms with van der Waals surface area (Å²) in [6.45, 7) is 4.32. The molecule has 1 atom stereocenters. The number of methoxy groups -OCH3 is 1. The molecule has 0 aliphatic heterocycles. The van der Waals surface area contributed by atoms with Gasteiger partial charge in [-0.3, -0.25) is 0 Å². The van der Waals surface area contributed by atoms with Gasteiger partial charge < -0.3 is 15.5 Å². The normalized spacial score (nSPS) is 12.7. The number of nitrogens with one attached hydrogen (secondary N) is 1. The van der Waals surface area contributed by atoms with Gasteiger partial charge in [0.2, 0.25) is 0 Å². The molecule has 2 aromatic rings. The lowest BCUT2D eigenvalue weighted by Gasteiger charge is -2.11. The Morgan fingerprint density at radius 1 is 1.26 bits per heavy atom. The molecular weight excluding hydrogens is 238 g/mol. The molecule has 2 rings (SSSR count). The molecule has 1 aromatic carbocycles. The summed E-state index contributed by atoms with van der Waals surface area (Å²) in [6.07, 6.45) is 2.76. The van der Waals surface area contributed by atoms with Crippen molar-refractivity contribution in [2.45, 2.75) is 26.3 Å². The highest BCUT2D eigenvalue weighted by Gasteiger charge is 2.12. The Labute approximate surface area is 114 Å². The minimum absolute atomic E-state index is 0.0352. The second-order valence-electron chi connectivity index (χ2n) is 5.15. The van der Waals surface area contributed by atoms with E-state index in [1.165, 1.54) is 0 Å². The van der Waals surface area contributed by atoms with Crippen molar-refractivity contribution >= 4 is 0 Å². The molecule has 0 amide bonds. The van der Waals surface area contributed by atoms with Crippen LogP contribution >= 0.6 is 0 Å². The molecule has 3 N–H and O–H groups in total. The van der Waals surface area contributed by atoms with Crippen molar-refractivity contribution in [1.82, 2.24) is 9.97 Å². The molecule has 1 unspecified atom stereocenters. The number of imidazole rings is 1. The molecule has 0 saturated heterocycles. The van der Waals surface area contributed by atoms with Crippen LogP contribution in [0.5, 0.6) is 5.75 Å². The summed E-state index contributed by atoms with van der Waals surface area (Å²) in [5.74, 6) is 2.25. The lowest BCUT2D eigenvalue weighted by Crippen LogP contribution is -2.14. The minimum Gasteiger partial charge on any atom is -0.497 e. The Balaban J connectivity index is 2.15. The predicted molar refractivity (Wildman–Crippen MR) is 77.0 cm³/mol. The van der Waals surface area contributed by atoms with Gasteiger partial charge >= 0.3 is 0 Å². The number of ether oxygens (including phenoxy) is 1. The average molecular weight is 259 g/mol. The number of hydrogen-bond donors (Lipinski definition) is 2. The van der Waals surface area contributed by atoms with Crippen LogP contribution < -0.4 is 10.5 Å². The largest absolute Gasteiger partial charge is 0.497 e. The van der Waals surface area contributed by atoms with E-state index in [-0.39, 0.29) is 6.04 Å². The summed E-state index contributed by atoms with van der Waals surface area (Å²) in [7, 11) is 1.66. The monoisotopic (exact) mass is 259 g/mol. The van der Waals surface area contributed by atoms with Crippen molar-refractivity contribution in [1.29, 1.82) is 0 Å². The van der Waals surface area contributed by atoms with Gasteiger partial charge in [-0.25, -0.2) is 4.98 Å². The van der Waals surface area contributed by atoms with E-state index in [0.29, 0.717) is 5.92 Å². The Bertz CT molecular complexity index is 516. The first kappa shape index (κ1) is 13.6. The molecule has 1 heterocycles. The van der Waals surface area contributed by atoms with Crippen LogP contribution in [0.25, 0.3) is 11.3 Å². The molecule has 0 bridgehead atoms. The summed E-state index contributed by atoms with van der Waals surface area (Å²) in [6, 6.07) is 7.84. The van der Waals surface area contributed by atoms with Crippen molar-refractivity contribution in [3.8, 4) is 17.0 Å². The maximum absolute atomic E-state index is 6.12. The second kappa shape index (κ2) is 5.89. The van der Waals surface area contributed by atoms with Crippen LogP contribution in [0.15, 0.2) is 30.5 Å². The number of rotatable bonds is 5. The zero-order valence-electron chi connectivity index (χ0n) is 11.7. The van der Waals surface area contributed by atoms with E-state index in [0.717, 1.165) is 29.3 Å². The molecule has 0 radical (unpaired) electrons. The highest BCUT2D eigenvalue weighted by molar-refractivity contribution is 5.59. The first-order valence-corrected chi connectivity index (χ1v) is 6.55. The molecule has 102 valence electrons. The fourth-order valence-electron chi connectivity index (χ4n) is 2.06. The van der Waals surface area contributed by atoms with Crippen molar-refractivity contribution in [2.24, 2.45) is 11.7 Å². The maximum Gasteiger partial charge on any atom is 0.123 e. The first-order valence-electron chi connectivity index (χ1n) is 6.55. The summed E-state index contributed by atoms with van der Waals surface area (Å²) in [5, 5.41) is 0. The fraction of sp³-hybridized carbons (Fsp3) is 0.400. The van der Waals surface area contributed by atoms with Gasteiger partial charge in [0.15, 0.2) is 0 Å². The van der Waals surface area contributed by atoms with E-state index in [2.05, 4.69) is 23.8 Å². The molecule has 4 heteroatoms. The number of nitrogens with two attached hydrogens (primary N) is 1. The Morgan fingerprint density at radius 3 is 2.53 bits per heavy atom. The molecule has 0 aliphatic rings. The molecule has 19 heavy (non-hydrogen) atoms. The average Bonchev–Trinajstić information content (AvgIpc) is 2.88. The Kier molecular flexibility index (Phi) is 4.22. The molecule has 0 fully saturated rings. The van der Waals surface area contributed by atoms with Gasteiger partial charge in [0.25, 0.3) is 0 Å². The number of hydrogen-bond acceptors (Lipinski definition) is 3. The number of aromatic nitrogens is 2. The van der Waals surface area contributed by atoms with Crippen LogP contribution in [0.3, 0.4) is 0 Å². The first-order chi connectivity index (χ1) is 9.10. The van der Waals surface area contributed by atoms with Gasteiger partial charge in [0.05, 0.1) is 25.0 Å². The summed E-state index contributed by atoms with van der Waals surface area (Å²) in [5.41, 5.74) is 8.18. The van der Waals surface area contributed by atoms with E-state index < -0.39 is 0 Å². The van der Waals surface area contributed by atoms with Gasteiger partial charge in [-0.15, -0.1) is 0 Å². The van der Waals surface area contributed by atoms with E-state index in [1.54, 1.807) is 7.11 Å². The summed E-state index contributed by atoms with van der Waals surface area (Å²) < 4.78 is 5.15. The SMILES string of the molecule is COc1ccc(-c2cnc(C(N)CC(C)C)[nH]2)cc1. The van der Waals surface area contributed by atoms with Crippen LogP contribution in [-0.4, -0.2) is 17.1 Å². The van der Waals surface area contributed by atoms with E-state index in [9.17, 15) is 0 Å². The highest BCUT2D eigenvalue weighted by atomic mass is 16.5. The standard InChI is InChI=1S/C15H21N3O/c1-10(2)8-13(16)15-17-9-14(18-15)11-4-6-12(19-3)7-5-11/h4-7,9-10,13H,8,16H2,1-3H3,(H,17,18). The molecule has 1 aromatic heterocycles. The topological polar surface area (TPSA) is 63.9 Å². The van der Waals surface area contributed by atoms with Crippen molar-refractivity contribution in [3.63, 3.8) is 0 Å². The van der Waals surface area contributed by atoms with E-state index >= 15 is 0 Å². The van der Waals surface area contributed by atoms with Crippen molar-refractivity contribution in [3.05, 3.63) is 36.3 Å². The zero-order valence-corrected chi connectivity index (χ0v) is 11.7. The van der Waals surface area contributed by atoms with Crippen molar-refractivity contribution < 1.29 is 4.74 Å². The number of nitrogens with zero attached hydrogens (tertiary/aromatic N) is 1. The van der Waals surface area contributed by atoms with Crippen molar-refractivity contribution in [2.75, 3.05) is 7.11 Å². The van der Waals surface area contributed by atoms with Gasteiger partial charge in [0, 0.05) is 0 Å². The molecule has 0 aliphatic carbocycles. The zero-order chi connectivity index (χ0) is 13.8. The van der Waals surface area contributed by atoms with Gasteiger partial charge in [0.1, 0.15) is 11.6 Å². The summed E-state index contributed by atoms with van der Waals surface area (Å²) >= 11 is 0. The lowest BCUT2D eigenvalue weighted by atomic mass is 10.0. The number of benzene rings is 1. The van der Waals surface area contributed by atoms with Crippen LogP contribution in [0.1, 0.15) is 32.1 Å². The highest BCUT2D eigenvalue weighted by Crippen LogP contribution is 2.23. The van der Waals surface area contributed by atoms with Crippen LogP contribution in [0.4, 0.5) is 0 Å². The molecule has 0 spiro atoms. The van der Waals surface area contributed by atoms with E-state index in [1.807, 2.05) is 30.5 Å². The second-order valence-corrected chi connectivity index (χ2v) is 5.15. The third-order valence-corrected chi connectivity index (χ3v) is 3.07. The molecular formula is C15H21N3O. The van der Waals surface area contributed by atoms with Gasteiger partial charge in [-0.2, -0.15) is 0 Å². The third kappa shape index (κ3) is 3.35. The summed E-state index contributed by atoms with van der Waals surface area (Å²) in [4.78, 5) is 7.67. The van der Waals surface area contributed by atoms with Gasteiger partial charge in [-0.1, -0.05) is 13.8 Å². The predicted octanol–water partition coefficient (Wildman–Crippen LogP) is 3.13. The van der Waals surface area contributed by atoms with Crippen LogP contribution in [0, 0.1) is 5.92 Å². The fourth-order valence-corrected chi connectivity index (χ4v) is 2.06. The quantitative estimate of drug-likeness (QED) is 0.867. The number of H-pyrrole nitrogens is 1. The third-order valence-electron chi connectivity index (χ3n) is 3.07. The lowest BCUT2D eigenvalue weighted by molar-refractivity contribution is 0.415. The minimum atomic E-state index is -0.0352. The maximum atomic E-state index is 6.12. The molecule has 4 nitrogen and oxygen atoms in total. The van der Waals surface area contributed by atoms with Crippen LogP contribution in [0.2, 0.25) is 0 Å². The van der Waals surface area contributed by atoms with Gasteiger partial charge in [-0.05, 0) is 42.2 Å². The van der Waals surface area contributed by atoms with E-state index in [4.69, 9.17) is 10.5 Å². The molecule has 0 saturated carbocycles. The smallest absolute Gasteiger partial charge is 0.123 e. The Morgan fingerprint density at radius 2 is 1.95 bits per heavy atom. The Hall–Kier alpha value is -1.81. The van der Waals surface area contributed by atoms with Crippen LogP contribution in [-0.2, 0) is 0 Å². The number of aromatic amines is 1.